The van der Waals surface area contributed by atoms with E-state index in [1.807, 2.05) is 149 Å². The Labute approximate surface area is 644 Å². The topological polar surface area (TPSA) is 221 Å². The summed E-state index contributed by atoms with van der Waals surface area (Å²) in [5.41, 5.74) is 18.1. The first-order valence-electron chi connectivity index (χ1n) is 35.9. The van der Waals surface area contributed by atoms with E-state index in [4.69, 9.17) is 68.0 Å². The Bertz CT molecular complexity index is 5250. The first-order chi connectivity index (χ1) is 51.1. The predicted molar refractivity (Wildman–Crippen MR) is 428 cm³/mol. The predicted octanol–water partition coefficient (Wildman–Crippen LogP) is 19.1. The van der Waals surface area contributed by atoms with Gasteiger partial charge in [0.05, 0.1) is 104 Å². The second-order valence-electron chi connectivity index (χ2n) is 30.2. The van der Waals surface area contributed by atoms with Crippen LogP contribution in [0.1, 0.15) is 131 Å². The smallest absolute Gasteiger partial charge is 0.339 e. The lowest BCUT2D eigenvalue weighted by Crippen LogP contribution is -2.32. The molecule has 14 rings (SSSR count). The molecule has 0 unspecified atom stereocenters. The molecule has 0 saturated heterocycles. The summed E-state index contributed by atoms with van der Waals surface area (Å²) in [5, 5.41) is 19.0. The molecule has 0 saturated carbocycles. The van der Waals surface area contributed by atoms with Gasteiger partial charge in [0.25, 0.3) is 0 Å². The van der Waals surface area contributed by atoms with Crippen molar-refractivity contribution in [2.75, 3.05) is 63.2 Å². The largest absolute Gasteiger partial charge is 0.494 e. The molecule has 0 amide bonds. The monoisotopic (exact) mass is 1520 g/mol. The van der Waals surface area contributed by atoms with Gasteiger partial charge in [-0.25, -0.2) is 34.3 Å². The number of hydrogen-bond acceptors (Lipinski definition) is 17. The summed E-state index contributed by atoms with van der Waals surface area (Å²) in [4.78, 5) is 61.7. The van der Waals surface area contributed by atoms with E-state index in [1.165, 1.54) is 19.9 Å². The minimum absolute atomic E-state index is 0.410. The fourth-order valence-corrected chi connectivity index (χ4v) is 15.6. The molecule has 5 aromatic heterocycles. The van der Waals surface area contributed by atoms with Crippen molar-refractivity contribution in [3.63, 3.8) is 0 Å². The number of esters is 2. The maximum Gasteiger partial charge on any atom is 0.339 e. The number of nitrogens with zero attached hydrogens (tertiary/aromatic N) is 9. The Morgan fingerprint density at radius 3 is 1.08 bits per heavy atom. The van der Waals surface area contributed by atoms with Crippen LogP contribution in [0.25, 0.3) is 66.1 Å². The number of carboxylic acid groups (broad SMARTS) is 1. The average molecular weight is 1530 g/mol. The first kappa shape index (κ1) is 77.9. The van der Waals surface area contributed by atoms with Gasteiger partial charge in [0.2, 0.25) is 11.9 Å². The highest BCUT2D eigenvalue weighted by Crippen LogP contribution is 2.53. The van der Waals surface area contributed by atoms with Crippen LogP contribution in [-0.2, 0) is 57.7 Å². The Balaban J connectivity index is 0.000000152. The maximum absolute atomic E-state index is 13.4. The molecule has 0 radical (unpaired) electrons. The van der Waals surface area contributed by atoms with Gasteiger partial charge in [-0.15, -0.1) is 0 Å². The number of methoxy groups -OCH3 is 4. The number of halogens is 3. The molecule has 3 atom stereocenters. The van der Waals surface area contributed by atoms with Crippen LogP contribution in [-0.4, -0.2) is 122 Å². The van der Waals surface area contributed by atoms with E-state index in [1.54, 1.807) is 39.0 Å². The summed E-state index contributed by atoms with van der Waals surface area (Å²) >= 11 is 18.7. The van der Waals surface area contributed by atoms with Crippen LogP contribution in [0.4, 0.5) is 29.0 Å². The molecule has 24 heteroatoms. The summed E-state index contributed by atoms with van der Waals surface area (Å²) in [6.45, 7) is 34.1. The van der Waals surface area contributed by atoms with E-state index in [-0.39, 0.29) is 0 Å². The molecule has 0 spiro atoms. The lowest BCUT2D eigenvalue weighted by Gasteiger charge is -2.35. The number of ether oxygens (including phenoxy) is 7. The van der Waals surface area contributed by atoms with E-state index >= 15 is 0 Å². The van der Waals surface area contributed by atoms with Crippen LogP contribution >= 0.6 is 34.8 Å². The van der Waals surface area contributed by atoms with Gasteiger partial charge in [-0.1, -0.05) is 71.2 Å². The van der Waals surface area contributed by atoms with Gasteiger partial charge in [-0.05, 0) is 209 Å². The number of aryl methyl sites for hydroxylation is 3. The van der Waals surface area contributed by atoms with Gasteiger partial charge in [-0.3, -0.25) is 0 Å². The number of nitrogens with one attached hydrogen (secondary N) is 1. The summed E-state index contributed by atoms with van der Waals surface area (Å²) < 4.78 is 47.0. The van der Waals surface area contributed by atoms with E-state index in [0.717, 1.165) is 149 Å². The molecule has 0 aliphatic carbocycles. The Morgan fingerprint density at radius 2 is 0.759 bits per heavy atom. The molecule has 566 valence electrons. The number of anilines is 5. The highest BCUT2D eigenvalue weighted by Gasteiger charge is 2.41. The van der Waals surface area contributed by atoms with Crippen LogP contribution < -0.4 is 24.6 Å². The van der Waals surface area contributed by atoms with Crippen molar-refractivity contribution in [3.8, 4) is 44.9 Å². The molecule has 6 aromatic carbocycles. The number of aromatic nitrogens is 7. The molecule has 3 aliphatic rings. The van der Waals surface area contributed by atoms with Crippen molar-refractivity contribution < 1.29 is 52.6 Å². The van der Waals surface area contributed by atoms with Gasteiger partial charge in [0, 0.05) is 104 Å². The summed E-state index contributed by atoms with van der Waals surface area (Å²) in [6, 6.07) is 29.4. The Hall–Kier alpha value is -9.74. The molecule has 21 nitrogen and oxygen atoms in total. The van der Waals surface area contributed by atoms with Crippen LogP contribution in [0.2, 0.25) is 15.1 Å². The maximum atomic E-state index is 13.4. The fraction of sp³-hybridized carbons (Fsp3) is 0.369. The number of benzene rings is 6. The molecule has 108 heavy (non-hydrogen) atoms. The quantitative estimate of drug-likeness (QED) is 0.0859. The third-order valence-electron chi connectivity index (χ3n) is 19.6. The number of carboxylic acids is 1. The third-order valence-corrected chi connectivity index (χ3v) is 20.4. The highest BCUT2D eigenvalue weighted by atomic mass is 35.5. The van der Waals surface area contributed by atoms with Gasteiger partial charge >= 0.3 is 17.9 Å². The number of carbonyl (C=O) groups is 3. The van der Waals surface area contributed by atoms with Crippen molar-refractivity contribution in [3.05, 3.63) is 181 Å². The lowest BCUT2D eigenvalue weighted by molar-refractivity contribution is -0.164. The molecule has 0 bridgehead atoms. The summed E-state index contributed by atoms with van der Waals surface area (Å²) in [7, 11) is 5.96. The second-order valence-corrected chi connectivity index (χ2v) is 31.5. The fourth-order valence-electron chi connectivity index (χ4n) is 15.2. The number of aliphatic carboxylic acids is 1. The van der Waals surface area contributed by atoms with E-state index in [0.29, 0.717) is 57.1 Å². The van der Waals surface area contributed by atoms with Crippen molar-refractivity contribution in [1.29, 1.82) is 0 Å². The minimum Gasteiger partial charge on any atom is -0.494 e. The second kappa shape index (κ2) is 30.7. The van der Waals surface area contributed by atoms with Gasteiger partial charge in [-0.2, -0.15) is 0 Å². The van der Waals surface area contributed by atoms with E-state index in [9.17, 15) is 19.5 Å². The highest BCUT2D eigenvalue weighted by molar-refractivity contribution is 6.31. The first-order valence-corrected chi connectivity index (χ1v) is 37.0. The van der Waals surface area contributed by atoms with Gasteiger partial charge in [0.15, 0.2) is 29.8 Å². The summed E-state index contributed by atoms with van der Waals surface area (Å²) in [6.07, 6.45) is 3.58. The van der Waals surface area contributed by atoms with Crippen LogP contribution in [0, 0.1) is 41.5 Å². The van der Waals surface area contributed by atoms with Crippen LogP contribution in [0.3, 0.4) is 0 Å². The lowest BCUT2D eigenvalue weighted by atomic mass is 9.87. The SMILES string of the molecule is COC(=O)[C@@H](OC(C)(C)C)c1c(C)c2c3c(cc(C)n3CCN2)c1-c1ccc(Cl)cc1.COC(=O)[C@@H](OC(C)(C)C)c1c(C)c2c3c(cc(C)n3CCN2c2ncc(OC)cn2)c1-c1ccc(Cl)cc1.COc1cnc(N2CCn3c(C)cc4c(-c5ccc(Cl)cc5)c([C@H](OC(C)(C)C)C(=O)O)c(C)c2c43)nc1. The molecule has 8 heterocycles. The zero-order chi connectivity index (χ0) is 77.9. The molecule has 11 aromatic rings. The van der Waals surface area contributed by atoms with E-state index in [2.05, 4.69) is 94.6 Å². The summed E-state index contributed by atoms with van der Waals surface area (Å²) in [5.74, 6) is 0.302. The minimum atomic E-state index is -1.20. The normalized spacial score (nSPS) is 14.2. The Kier molecular flexibility index (Phi) is 22.2. The molecule has 0 fully saturated rings. The number of rotatable bonds is 16. The molecular weight excluding hydrogens is 1430 g/mol. The third kappa shape index (κ3) is 15.3. The number of carbonyl (C=O) groups excluding carboxylic acids is 2. The average Bonchev–Trinajstić information content (AvgIpc) is 1.48. The standard InChI is InChI=1S/C30H33ClN4O4.C29H31ClN4O4.C25H29ClN2O3/c1-17-14-22-24(19-8-10-20(31)11-9-19)23(27(28(36)38-7)39-30(3,4)5)18(2)25-26(22)34(17)12-13-35(25)29-32-15-21(37-6)16-33-29;1-16-13-21-23(18-7-9-19(30)10-8-18)22(26(27(35)36)38-29(3,4)5)17(2)24-25(21)33(16)11-12-34(24)28-31-14-20(37-6)15-32-28;1-14-13-18-20(16-7-9-17(26)10-8-16)19(23(24(29)30-6)31-25(3,4)5)15(2)21-22(18)28(14)12-11-27-21/h8-11,14-16,27H,12-13H2,1-7H3;7-10,13-15,26H,11-12H2,1-6H3,(H,35,36);7-10,13,23,27H,11-12H2,1-6H3/t27-;26-;23-/m000/s1. The van der Waals surface area contributed by atoms with Gasteiger partial charge < -0.3 is 67.1 Å². The molecular formula is C84H93Cl3N10O11. The van der Waals surface area contributed by atoms with Crippen molar-refractivity contribution in [1.82, 2.24) is 33.6 Å². The van der Waals surface area contributed by atoms with E-state index < -0.39 is 53.0 Å². The zero-order valence-corrected chi connectivity index (χ0v) is 66.9. The van der Waals surface area contributed by atoms with Gasteiger partial charge in [0.1, 0.15) is 0 Å². The van der Waals surface area contributed by atoms with Crippen LogP contribution in [0.5, 0.6) is 11.5 Å². The van der Waals surface area contributed by atoms with Crippen LogP contribution in [0.15, 0.2) is 116 Å². The Morgan fingerprint density at radius 1 is 0.444 bits per heavy atom. The van der Waals surface area contributed by atoms with Crippen molar-refractivity contribution in [2.24, 2.45) is 0 Å². The van der Waals surface area contributed by atoms with Crippen molar-refractivity contribution in [2.45, 2.75) is 159 Å². The van der Waals surface area contributed by atoms with Crippen molar-refractivity contribution >= 4 is 114 Å². The number of hydrogen-bond donors (Lipinski definition) is 2. The zero-order valence-electron chi connectivity index (χ0n) is 64.6. The molecule has 3 aliphatic heterocycles. The molecule has 2 N–H and O–H groups in total.